The van der Waals surface area contributed by atoms with E-state index in [-0.39, 0.29) is 12.0 Å². The topological polar surface area (TPSA) is 38.0 Å². The minimum Gasteiger partial charge on any atom is -0.402 e. The van der Waals surface area contributed by atoms with Crippen LogP contribution in [0.4, 0.5) is 23.2 Å². The van der Waals surface area contributed by atoms with Crippen LogP contribution in [0, 0.1) is 5.82 Å². The molecule has 2 aromatic carbocycles. The predicted molar refractivity (Wildman–Crippen MR) is 111 cm³/mol. The Hall–Kier alpha value is -2.76. The molecule has 2 nitrogen and oxygen atoms in total. The maximum absolute atomic E-state index is 14.0. The van der Waals surface area contributed by atoms with Gasteiger partial charge in [-0.2, -0.15) is 13.2 Å². The fraction of sp³-hybridized carbons (Fsp3) is 0.304. The van der Waals surface area contributed by atoms with Gasteiger partial charge in [-0.1, -0.05) is 31.2 Å². The second-order valence-corrected chi connectivity index (χ2v) is 6.90. The summed E-state index contributed by atoms with van der Waals surface area (Å²) in [6, 6.07) is 9.83. The molecule has 0 spiro atoms. The number of benzene rings is 2. The Bertz CT molecular complexity index is 907. The van der Waals surface area contributed by atoms with Crippen molar-refractivity contribution in [3.8, 4) is 0 Å². The lowest BCUT2D eigenvalue weighted by molar-refractivity contribution is -0.138. The van der Waals surface area contributed by atoms with Gasteiger partial charge in [0, 0.05) is 23.5 Å². The molecule has 0 heterocycles. The molecule has 0 saturated carbocycles. The van der Waals surface area contributed by atoms with Crippen LogP contribution in [0.2, 0.25) is 0 Å². The van der Waals surface area contributed by atoms with Crippen LogP contribution in [0.3, 0.4) is 0 Å². The number of hydrogen-bond acceptors (Lipinski definition) is 2. The molecule has 0 amide bonds. The van der Waals surface area contributed by atoms with Gasteiger partial charge in [0.1, 0.15) is 5.82 Å². The molecule has 0 bridgehead atoms. The van der Waals surface area contributed by atoms with Crippen molar-refractivity contribution in [2.75, 3.05) is 11.9 Å². The molecule has 3 N–H and O–H groups in total. The van der Waals surface area contributed by atoms with E-state index in [1.54, 1.807) is 32.1 Å². The number of hydrogen-bond donors (Lipinski definition) is 2. The number of nitrogens with one attached hydrogen (secondary N) is 1. The van der Waals surface area contributed by atoms with Crippen molar-refractivity contribution in [1.82, 2.24) is 0 Å². The third-order valence-corrected chi connectivity index (χ3v) is 4.68. The third-order valence-electron chi connectivity index (χ3n) is 4.68. The van der Waals surface area contributed by atoms with Crippen LogP contribution >= 0.6 is 0 Å². The van der Waals surface area contributed by atoms with Gasteiger partial charge < -0.3 is 11.1 Å². The normalized spacial score (nSPS) is 13.3. The monoisotopic (exact) mass is 406 g/mol. The first-order valence-electron chi connectivity index (χ1n) is 9.47. The highest BCUT2D eigenvalue weighted by molar-refractivity contribution is 5.86. The van der Waals surface area contributed by atoms with Crippen LogP contribution in [-0.4, -0.2) is 6.54 Å². The quantitative estimate of drug-likeness (QED) is 0.404. The van der Waals surface area contributed by atoms with E-state index < -0.39 is 17.6 Å². The molecule has 0 aliphatic rings. The summed E-state index contributed by atoms with van der Waals surface area (Å²) in [6.07, 6.45) is -1.84. The summed E-state index contributed by atoms with van der Waals surface area (Å²) in [4.78, 5) is 0. The molecule has 0 fully saturated rings. The van der Waals surface area contributed by atoms with Crippen LogP contribution in [0.15, 0.2) is 59.8 Å². The maximum Gasteiger partial charge on any atom is 0.416 e. The van der Waals surface area contributed by atoms with Crippen molar-refractivity contribution >= 4 is 11.3 Å². The van der Waals surface area contributed by atoms with E-state index in [1.807, 2.05) is 6.92 Å². The predicted octanol–water partition coefficient (Wildman–Crippen LogP) is 6.55. The lowest BCUT2D eigenvalue weighted by Gasteiger charge is -2.17. The summed E-state index contributed by atoms with van der Waals surface area (Å²) >= 11 is 0. The van der Waals surface area contributed by atoms with Crippen LogP contribution in [-0.2, 0) is 12.6 Å². The molecule has 29 heavy (non-hydrogen) atoms. The molecule has 0 saturated heterocycles. The first kappa shape index (κ1) is 22.5. The van der Waals surface area contributed by atoms with Gasteiger partial charge in [0.2, 0.25) is 0 Å². The summed E-state index contributed by atoms with van der Waals surface area (Å²) in [5, 5.41) is 3.25. The van der Waals surface area contributed by atoms with Crippen molar-refractivity contribution in [2.45, 2.75) is 39.8 Å². The number of anilines is 1. The van der Waals surface area contributed by atoms with Gasteiger partial charge in [-0.05, 0) is 67.7 Å². The molecule has 0 aliphatic heterocycles. The average molecular weight is 406 g/mol. The van der Waals surface area contributed by atoms with Gasteiger partial charge in [-0.3, -0.25) is 0 Å². The van der Waals surface area contributed by atoms with Gasteiger partial charge in [0.05, 0.1) is 5.56 Å². The highest BCUT2D eigenvalue weighted by Crippen LogP contribution is 2.34. The summed E-state index contributed by atoms with van der Waals surface area (Å²) in [5.74, 6) is -0.425. The summed E-state index contributed by atoms with van der Waals surface area (Å²) < 4.78 is 54.0. The van der Waals surface area contributed by atoms with E-state index in [1.165, 1.54) is 24.3 Å². The first-order valence-corrected chi connectivity index (χ1v) is 9.47. The van der Waals surface area contributed by atoms with Crippen molar-refractivity contribution in [3.05, 3.63) is 82.3 Å². The maximum atomic E-state index is 14.0. The number of nitrogens with two attached hydrogens (primary N) is 1. The van der Waals surface area contributed by atoms with Gasteiger partial charge in [-0.25, -0.2) is 4.39 Å². The van der Waals surface area contributed by atoms with E-state index >= 15 is 0 Å². The first-order chi connectivity index (χ1) is 13.6. The molecule has 6 heteroatoms. The Morgan fingerprint density at radius 3 is 2.41 bits per heavy atom. The Labute approximate surface area is 169 Å². The summed E-state index contributed by atoms with van der Waals surface area (Å²) in [7, 11) is 0. The van der Waals surface area contributed by atoms with Crippen molar-refractivity contribution in [3.63, 3.8) is 0 Å². The average Bonchev–Trinajstić information content (AvgIpc) is 2.66. The van der Waals surface area contributed by atoms with E-state index in [9.17, 15) is 17.6 Å². The van der Waals surface area contributed by atoms with E-state index in [4.69, 9.17) is 5.73 Å². The van der Waals surface area contributed by atoms with E-state index in [2.05, 4.69) is 5.32 Å². The minimum atomic E-state index is -4.44. The van der Waals surface area contributed by atoms with Crippen molar-refractivity contribution < 1.29 is 17.6 Å². The van der Waals surface area contributed by atoms with Gasteiger partial charge in [0.25, 0.3) is 0 Å². The molecule has 156 valence electrons. The Morgan fingerprint density at radius 1 is 1.10 bits per heavy atom. The van der Waals surface area contributed by atoms with Gasteiger partial charge in [0.15, 0.2) is 0 Å². The minimum absolute atomic E-state index is 0.0410. The second-order valence-electron chi connectivity index (χ2n) is 6.90. The number of halogens is 4. The number of alkyl halides is 3. The fourth-order valence-electron chi connectivity index (χ4n) is 3.02. The zero-order valence-corrected chi connectivity index (χ0v) is 16.8. The Balaban J connectivity index is 2.58. The summed E-state index contributed by atoms with van der Waals surface area (Å²) in [5.41, 5.74) is 8.56. The molecule has 0 atom stereocenters. The highest BCUT2D eigenvalue weighted by atomic mass is 19.4. The zero-order valence-electron chi connectivity index (χ0n) is 16.8. The van der Waals surface area contributed by atoms with E-state index in [0.717, 1.165) is 12.5 Å². The summed E-state index contributed by atoms with van der Waals surface area (Å²) in [6.45, 7) is 6.19. The number of allylic oxidation sites excluding steroid dienone is 4. The smallest absolute Gasteiger partial charge is 0.402 e. The zero-order chi connectivity index (χ0) is 21.6. The van der Waals surface area contributed by atoms with Crippen LogP contribution in [0.25, 0.3) is 5.57 Å². The molecular formula is C23H26F4N2. The van der Waals surface area contributed by atoms with Crippen LogP contribution in [0.1, 0.15) is 43.9 Å². The molecule has 0 aromatic heterocycles. The highest BCUT2D eigenvalue weighted by Gasteiger charge is 2.32. The molecular weight excluding hydrogens is 380 g/mol. The SMILES string of the molecule is CCCNc1ccc(F)cc1C(=C/Cc1ccccc1C(F)(F)F)/C(C)=C(/C)N. The van der Waals surface area contributed by atoms with Crippen molar-refractivity contribution in [2.24, 2.45) is 5.73 Å². The lowest BCUT2D eigenvalue weighted by Crippen LogP contribution is -2.09. The van der Waals surface area contributed by atoms with Gasteiger partial charge in [-0.15, -0.1) is 0 Å². The molecule has 0 unspecified atom stereocenters. The largest absolute Gasteiger partial charge is 0.416 e. The lowest BCUT2D eigenvalue weighted by atomic mass is 9.93. The van der Waals surface area contributed by atoms with Crippen LogP contribution < -0.4 is 11.1 Å². The fourth-order valence-corrected chi connectivity index (χ4v) is 3.02. The Kier molecular flexibility index (Phi) is 7.48. The molecule has 0 radical (unpaired) electrons. The number of rotatable bonds is 7. The molecule has 0 aliphatic carbocycles. The molecule has 2 rings (SSSR count). The van der Waals surface area contributed by atoms with E-state index in [0.29, 0.717) is 34.6 Å². The Morgan fingerprint density at radius 2 is 1.79 bits per heavy atom. The third kappa shape index (κ3) is 5.86. The molecule has 2 aromatic rings. The standard InChI is InChI=1S/C23H26F4N2/c1-4-13-29-22-12-10-18(24)14-20(22)19(15(2)16(3)28)11-9-17-7-5-6-8-21(17)23(25,26)27/h5-8,10-12,14,29H,4,9,13,28H2,1-3H3/b16-15-,19-11+. The van der Waals surface area contributed by atoms with Crippen LogP contribution in [0.5, 0.6) is 0 Å². The van der Waals surface area contributed by atoms with Crippen molar-refractivity contribution in [1.29, 1.82) is 0 Å². The van der Waals surface area contributed by atoms with Gasteiger partial charge >= 0.3 is 6.18 Å². The second kappa shape index (κ2) is 9.63.